The van der Waals surface area contributed by atoms with Gasteiger partial charge in [-0.25, -0.2) is 4.79 Å². The van der Waals surface area contributed by atoms with Crippen molar-refractivity contribution in [3.8, 4) is 16.9 Å². The van der Waals surface area contributed by atoms with Gasteiger partial charge >= 0.3 is 6.09 Å². The van der Waals surface area contributed by atoms with Crippen molar-refractivity contribution in [2.75, 3.05) is 19.7 Å². The predicted molar refractivity (Wildman–Crippen MR) is 252 cm³/mol. The van der Waals surface area contributed by atoms with Gasteiger partial charge in [0.2, 0.25) is 35.4 Å². The van der Waals surface area contributed by atoms with Crippen LogP contribution in [-0.2, 0) is 33.5 Å². The van der Waals surface area contributed by atoms with Gasteiger partial charge < -0.3 is 87.1 Å². The third-order valence-electron chi connectivity index (χ3n) is 13.8. The summed E-state index contributed by atoms with van der Waals surface area (Å²) in [6, 6.07) is 7.89. The molecule has 4 aliphatic rings. The van der Waals surface area contributed by atoms with Crippen molar-refractivity contribution in [1.29, 1.82) is 0 Å². The Morgan fingerprint density at radius 2 is 1.23 bits per heavy atom. The molecule has 24 nitrogen and oxygen atoms in total. The maximum absolute atomic E-state index is 14.4. The number of aliphatic hydroxyl groups excluding tert-OH is 8. The largest absolute Gasteiger partial charge is 0.508 e. The molecular weight excluding hydrogens is 959 g/mol. The van der Waals surface area contributed by atoms with Gasteiger partial charge in [-0.3, -0.25) is 28.8 Å². The summed E-state index contributed by atoms with van der Waals surface area (Å²) in [6.45, 7) is 2.43. The second kappa shape index (κ2) is 22.6. The van der Waals surface area contributed by atoms with Gasteiger partial charge in [0.15, 0.2) is 6.23 Å². The molecule has 3 heterocycles. The summed E-state index contributed by atoms with van der Waals surface area (Å²) >= 11 is 0. The molecular formula is C49H61N7O17. The van der Waals surface area contributed by atoms with Gasteiger partial charge in [0, 0.05) is 37.8 Å². The van der Waals surface area contributed by atoms with Crippen LogP contribution in [0.25, 0.3) is 11.1 Å². The van der Waals surface area contributed by atoms with Crippen molar-refractivity contribution < 1.29 is 84.3 Å². The molecule has 0 unspecified atom stereocenters. The van der Waals surface area contributed by atoms with Gasteiger partial charge in [-0.2, -0.15) is 0 Å². The number of nitrogens with zero attached hydrogens (tertiary/aromatic N) is 2. The van der Waals surface area contributed by atoms with Gasteiger partial charge in [-0.05, 0) is 53.8 Å². The first-order valence-corrected chi connectivity index (χ1v) is 23.7. The Kier molecular flexibility index (Phi) is 16.7. The number of nitrogens with one attached hydrogen (secondary N) is 5. The fourth-order valence-corrected chi connectivity index (χ4v) is 9.81. The van der Waals surface area contributed by atoms with Gasteiger partial charge in [-0.15, -0.1) is 0 Å². The summed E-state index contributed by atoms with van der Waals surface area (Å²) in [4.78, 5) is 101. The van der Waals surface area contributed by atoms with E-state index in [-0.39, 0.29) is 24.5 Å². The Labute approximate surface area is 417 Å². The van der Waals surface area contributed by atoms with Crippen molar-refractivity contribution in [1.82, 2.24) is 36.4 Å². The third-order valence-corrected chi connectivity index (χ3v) is 13.8. The van der Waals surface area contributed by atoms with Gasteiger partial charge in [0.25, 0.3) is 0 Å². The SMILES string of the molecule is C[C@@H](O)[C@@H]1NC(=O)[C@H]([C@H](O)[C@@H](O)c2ccc(O)cc2)NC(=O)[C@@H]2C[C@@H](O)CN2C(=O)[C@H]([C@@H](C)O)NC(=O)[C@@H](NC(=O)OCC2c3ccccc3-c3ccccc32)C[C@@H](O)[C@@H](O)NC(=O)[C@@H]2[C@@H](O)[C@@H](C)CN2C1=O. The highest BCUT2D eigenvalue weighted by molar-refractivity contribution is 5.98. The van der Waals surface area contributed by atoms with Crippen LogP contribution in [0.2, 0.25) is 0 Å². The highest BCUT2D eigenvalue weighted by Crippen LogP contribution is 2.44. The number of fused-ring (bicyclic) bond motifs is 5. The Balaban J connectivity index is 1.22. The van der Waals surface area contributed by atoms with Crippen LogP contribution < -0.4 is 26.6 Å². The molecule has 0 spiro atoms. The van der Waals surface area contributed by atoms with Gasteiger partial charge in [0.05, 0.1) is 24.4 Å². The summed E-state index contributed by atoms with van der Waals surface area (Å²) in [7, 11) is 0. The van der Waals surface area contributed by atoms with Crippen LogP contribution in [0.4, 0.5) is 4.79 Å². The number of carbonyl (C=O) groups is 7. The summed E-state index contributed by atoms with van der Waals surface area (Å²) in [5, 5.41) is 110. The fourth-order valence-electron chi connectivity index (χ4n) is 9.81. The average molecular weight is 1020 g/mol. The zero-order valence-electron chi connectivity index (χ0n) is 39.9. The minimum atomic E-state index is -2.30. The second-order valence-electron chi connectivity index (χ2n) is 19.0. The summed E-state index contributed by atoms with van der Waals surface area (Å²) in [5.41, 5.74) is 3.45. The number of hydrogen-bond donors (Lipinski definition) is 14. The smallest absolute Gasteiger partial charge is 0.407 e. The summed E-state index contributed by atoms with van der Waals surface area (Å²) in [6.07, 6.45) is -18.0. The minimum absolute atomic E-state index is 0.0749. The molecule has 0 radical (unpaired) electrons. The lowest BCUT2D eigenvalue weighted by Gasteiger charge is -2.34. The van der Waals surface area contributed by atoms with Crippen molar-refractivity contribution in [2.45, 2.75) is 125 Å². The standard InChI is InChI=1S/C49H61N7O17/c1-21-18-56-38(39(21)62)46(69)54-44(67)34(61)17-32(50-49(72)73-20-31-29-10-6-4-8-27(29)28-9-5-7-11-30(28)31)42(65)51-35(22(2)57)47(70)55-19-26(60)16-33(55)43(66)53-37(45(68)52-36(23(3)58)48(56)71)41(64)40(63)24-12-14-25(59)15-13-24/h4-15,21-23,26,31-41,44,57-64,67H,16-20H2,1-3H3,(H,50,72)(H,51,65)(H,52,68)(H,53,66)(H,54,69)/t21-,22+,23+,26+,32-,33-,34+,35-,36-,37-,38-,39-,40-,41-,44+/m0/s1. The van der Waals surface area contributed by atoms with E-state index in [4.69, 9.17) is 4.74 Å². The molecule has 15 atom stereocenters. The zero-order valence-corrected chi connectivity index (χ0v) is 39.9. The van der Waals surface area contributed by atoms with E-state index in [1.54, 1.807) is 0 Å². The van der Waals surface area contributed by atoms with E-state index < -0.39 is 158 Å². The van der Waals surface area contributed by atoms with E-state index in [2.05, 4.69) is 26.6 Å². The van der Waals surface area contributed by atoms with Crippen LogP contribution in [0, 0.1) is 5.92 Å². The number of aliphatic hydroxyl groups is 8. The Morgan fingerprint density at radius 1 is 0.685 bits per heavy atom. The van der Waals surface area contributed by atoms with E-state index in [1.807, 2.05) is 48.5 Å². The molecule has 394 valence electrons. The fraction of sp³-hybridized carbons (Fsp3) is 0.490. The van der Waals surface area contributed by atoms with Crippen LogP contribution in [-0.4, -0.2) is 196 Å². The highest BCUT2D eigenvalue weighted by Gasteiger charge is 2.50. The van der Waals surface area contributed by atoms with E-state index in [1.165, 1.54) is 19.1 Å². The quantitative estimate of drug-likeness (QED) is 0.103. The molecule has 0 bridgehead atoms. The van der Waals surface area contributed by atoms with Crippen LogP contribution in [0.5, 0.6) is 5.75 Å². The normalized spacial score (nSPS) is 30.2. The maximum atomic E-state index is 14.4. The number of hydrogen-bond acceptors (Lipinski definition) is 17. The van der Waals surface area contributed by atoms with E-state index in [0.717, 1.165) is 58.0 Å². The second-order valence-corrected chi connectivity index (χ2v) is 19.0. The first kappa shape index (κ1) is 54.0. The highest BCUT2D eigenvalue weighted by atomic mass is 16.5. The number of ether oxygens (including phenoxy) is 1. The van der Waals surface area contributed by atoms with Gasteiger partial charge in [-0.1, -0.05) is 67.6 Å². The molecule has 3 fully saturated rings. The van der Waals surface area contributed by atoms with Crippen LogP contribution in [0.15, 0.2) is 72.8 Å². The number of amides is 7. The molecule has 3 saturated heterocycles. The summed E-state index contributed by atoms with van der Waals surface area (Å²) < 4.78 is 5.63. The number of carbonyl (C=O) groups excluding carboxylic acids is 7. The molecule has 14 N–H and O–H groups in total. The minimum Gasteiger partial charge on any atom is -0.508 e. The molecule has 7 amide bonds. The van der Waals surface area contributed by atoms with Crippen molar-refractivity contribution >= 4 is 41.5 Å². The number of benzene rings is 3. The van der Waals surface area contributed by atoms with Crippen molar-refractivity contribution in [3.63, 3.8) is 0 Å². The topological polar surface area (TPSA) is 377 Å². The molecule has 24 heteroatoms. The van der Waals surface area contributed by atoms with Crippen LogP contribution in [0.3, 0.4) is 0 Å². The zero-order chi connectivity index (χ0) is 53.2. The monoisotopic (exact) mass is 1020 g/mol. The lowest BCUT2D eigenvalue weighted by molar-refractivity contribution is -0.148. The van der Waals surface area contributed by atoms with Crippen molar-refractivity contribution in [2.24, 2.45) is 5.92 Å². The molecule has 7 rings (SSSR count). The summed E-state index contributed by atoms with van der Waals surface area (Å²) in [5.74, 6) is -9.05. The van der Waals surface area contributed by atoms with Gasteiger partial charge in [0.1, 0.15) is 66.9 Å². The van der Waals surface area contributed by atoms with E-state index in [0.29, 0.717) is 0 Å². The van der Waals surface area contributed by atoms with Crippen molar-refractivity contribution in [3.05, 3.63) is 89.5 Å². The molecule has 3 aromatic carbocycles. The van der Waals surface area contributed by atoms with E-state index in [9.17, 15) is 79.5 Å². The third kappa shape index (κ3) is 11.6. The number of phenols is 1. The predicted octanol–water partition coefficient (Wildman–Crippen LogP) is -3.72. The Morgan fingerprint density at radius 3 is 1.82 bits per heavy atom. The number of phenolic OH excluding ortho intramolecular Hbond substituents is 1. The average Bonchev–Trinajstić information content (AvgIpc) is 4.01. The molecule has 3 aromatic rings. The van der Waals surface area contributed by atoms with Crippen LogP contribution >= 0.6 is 0 Å². The molecule has 73 heavy (non-hydrogen) atoms. The van der Waals surface area contributed by atoms with Crippen LogP contribution in [0.1, 0.15) is 62.3 Å². The molecule has 0 saturated carbocycles. The first-order valence-electron chi connectivity index (χ1n) is 23.7. The Hall–Kier alpha value is -6.77. The lowest BCUT2D eigenvalue weighted by Crippen LogP contribution is -2.64. The molecule has 3 aliphatic heterocycles. The van der Waals surface area contributed by atoms with E-state index >= 15 is 0 Å². The molecule has 0 aromatic heterocycles. The Bertz CT molecular complexity index is 2500. The maximum Gasteiger partial charge on any atom is 0.407 e. The molecule has 1 aliphatic carbocycles. The number of rotatable bonds is 8. The number of alkyl carbamates (subject to hydrolysis) is 1. The first-order chi connectivity index (χ1) is 34.6. The number of aromatic hydroxyl groups is 1. The lowest BCUT2D eigenvalue weighted by atomic mass is 9.96.